The zero-order chi connectivity index (χ0) is 11.3. The molecule has 1 fully saturated rings. The molecule has 0 radical (unpaired) electrons. The van der Waals surface area contributed by atoms with Crippen molar-refractivity contribution in [1.29, 1.82) is 0 Å². The fourth-order valence-corrected chi connectivity index (χ4v) is 2.62. The Labute approximate surface area is 92.4 Å². The summed E-state index contributed by atoms with van der Waals surface area (Å²) in [5.41, 5.74) is 0. The molecule has 1 rings (SSSR count). The minimum absolute atomic E-state index is 0.167. The molecule has 2 heteroatoms. The number of hydrogen-bond acceptors (Lipinski definition) is 2. The lowest BCUT2D eigenvalue weighted by Crippen LogP contribution is -2.29. The van der Waals surface area contributed by atoms with Crippen molar-refractivity contribution >= 4 is 11.6 Å². The molecule has 0 aromatic rings. The Bertz CT molecular complexity index is 227. The second-order valence-corrected chi connectivity index (χ2v) is 4.56. The van der Waals surface area contributed by atoms with Crippen molar-refractivity contribution in [2.75, 3.05) is 0 Å². The second kappa shape index (κ2) is 6.04. The second-order valence-electron chi connectivity index (χ2n) is 4.56. The molecular formula is C13H22O2. The average molecular weight is 210 g/mol. The van der Waals surface area contributed by atoms with Gasteiger partial charge >= 0.3 is 0 Å². The molecule has 0 N–H and O–H groups in total. The van der Waals surface area contributed by atoms with Gasteiger partial charge in [0.1, 0.15) is 11.6 Å². The molecule has 0 aromatic heterocycles. The van der Waals surface area contributed by atoms with Crippen LogP contribution in [0.3, 0.4) is 0 Å². The van der Waals surface area contributed by atoms with Crippen molar-refractivity contribution < 1.29 is 9.59 Å². The Morgan fingerprint density at radius 1 is 1.13 bits per heavy atom. The van der Waals surface area contributed by atoms with E-state index in [1.54, 1.807) is 0 Å². The van der Waals surface area contributed by atoms with Crippen LogP contribution in [0.1, 0.15) is 58.8 Å². The number of Topliss-reactive ketones (excluding diaryl/α,β-unsaturated/α-hetero) is 2. The van der Waals surface area contributed by atoms with E-state index < -0.39 is 0 Å². The van der Waals surface area contributed by atoms with E-state index in [4.69, 9.17) is 0 Å². The summed E-state index contributed by atoms with van der Waals surface area (Å²) in [7, 11) is 0. The van der Waals surface area contributed by atoms with Gasteiger partial charge in [0.15, 0.2) is 0 Å². The number of hydrogen-bond donors (Lipinski definition) is 0. The lowest BCUT2D eigenvalue weighted by Gasteiger charge is -2.20. The summed E-state index contributed by atoms with van der Waals surface area (Å²) in [6.07, 6.45) is 6.48. The summed E-state index contributed by atoms with van der Waals surface area (Å²) in [5.74, 6) is 0.450. The van der Waals surface area contributed by atoms with Crippen LogP contribution in [0.4, 0.5) is 0 Å². The van der Waals surface area contributed by atoms with E-state index in [-0.39, 0.29) is 17.5 Å². The van der Waals surface area contributed by atoms with E-state index in [2.05, 4.69) is 0 Å². The first-order valence-corrected chi connectivity index (χ1v) is 6.26. The summed E-state index contributed by atoms with van der Waals surface area (Å²) < 4.78 is 0. The maximum atomic E-state index is 11.9. The fourth-order valence-electron chi connectivity index (χ4n) is 2.62. The summed E-state index contributed by atoms with van der Waals surface area (Å²) >= 11 is 0. The molecule has 0 aliphatic heterocycles. The zero-order valence-electron chi connectivity index (χ0n) is 9.92. The third-order valence-corrected chi connectivity index (χ3v) is 3.41. The Morgan fingerprint density at radius 3 is 2.20 bits per heavy atom. The van der Waals surface area contributed by atoms with Gasteiger partial charge in [0.05, 0.1) is 5.92 Å². The Hall–Kier alpha value is -0.660. The van der Waals surface area contributed by atoms with Gasteiger partial charge in [-0.15, -0.1) is 0 Å². The van der Waals surface area contributed by atoms with Crippen LogP contribution < -0.4 is 0 Å². The number of ketones is 2. The molecule has 1 unspecified atom stereocenters. The SMILES string of the molecule is CCCC(=O)C(C(=O)CC)C1CCCC1. The van der Waals surface area contributed by atoms with Crippen LogP contribution in [0.5, 0.6) is 0 Å². The monoisotopic (exact) mass is 210 g/mol. The lowest BCUT2D eigenvalue weighted by molar-refractivity contribution is -0.134. The molecule has 0 saturated heterocycles. The molecule has 86 valence electrons. The quantitative estimate of drug-likeness (QED) is 0.631. The van der Waals surface area contributed by atoms with Crippen LogP contribution in [0, 0.1) is 11.8 Å². The molecule has 15 heavy (non-hydrogen) atoms. The van der Waals surface area contributed by atoms with E-state index in [0.717, 1.165) is 19.3 Å². The summed E-state index contributed by atoms with van der Waals surface area (Å²) in [5, 5.41) is 0. The van der Waals surface area contributed by atoms with Crippen molar-refractivity contribution in [1.82, 2.24) is 0 Å². The van der Waals surface area contributed by atoms with Gasteiger partial charge < -0.3 is 0 Å². The smallest absolute Gasteiger partial charge is 0.143 e. The topological polar surface area (TPSA) is 34.1 Å². The van der Waals surface area contributed by atoms with Crippen molar-refractivity contribution in [3.05, 3.63) is 0 Å². The molecule has 1 aliphatic carbocycles. The van der Waals surface area contributed by atoms with Crippen molar-refractivity contribution in [3.8, 4) is 0 Å². The number of carbonyl (C=O) groups excluding carboxylic acids is 2. The highest BCUT2D eigenvalue weighted by Gasteiger charge is 2.34. The van der Waals surface area contributed by atoms with Crippen LogP contribution >= 0.6 is 0 Å². The predicted octanol–water partition coefficient (Wildman–Crippen LogP) is 3.14. The van der Waals surface area contributed by atoms with Crippen LogP contribution in [-0.4, -0.2) is 11.6 Å². The van der Waals surface area contributed by atoms with Crippen molar-refractivity contribution in [3.63, 3.8) is 0 Å². The van der Waals surface area contributed by atoms with Gasteiger partial charge in [-0.1, -0.05) is 26.7 Å². The first kappa shape index (κ1) is 12.4. The molecular weight excluding hydrogens is 188 g/mol. The fraction of sp³-hybridized carbons (Fsp3) is 0.846. The molecule has 0 aromatic carbocycles. The molecule has 0 amide bonds. The highest BCUT2D eigenvalue weighted by molar-refractivity contribution is 6.02. The van der Waals surface area contributed by atoms with Gasteiger partial charge in [-0.2, -0.15) is 0 Å². The minimum Gasteiger partial charge on any atom is -0.299 e. The molecule has 2 nitrogen and oxygen atoms in total. The summed E-state index contributed by atoms with van der Waals surface area (Å²) in [6, 6.07) is 0. The summed E-state index contributed by atoms with van der Waals surface area (Å²) in [6.45, 7) is 3.86. The zero-order valence-corrected chi connectivity index (χ0v) is 9.92. The van der Waals surface area contributed by atoms with Gasteiger partial charge in [-0.05, 0) is 25.2 Å². The highest BCUT2D eigenvalue weighted by Crippen LogP contribution is 2.33. The molecule has 0 heterocycles. The standard InChI is InChI=1S/C13H22O2/c1-3-7-12(15)13(11(14)4-2)10-8-5-6-9-10/h10,13H,3-9H2,1-2H3. The number of rotatable bonds is 6. The Morgan fingerprint density at radius 2 is 1.73 bits per heavy atom. The van der Waals surface area contributed by atoms with Crippen LogP contribution in [0.2, 0.25) is 0 Å². The molecule has 1 atom stereocenters. The summed E-state index contributed by atoms with van der Waals surface area (Å²) in [4.78, 5) is 23.7. The van der Waals surface area contributed by atoms with Crippen LogP contribution in [0.25, 0.3) is 0 Å². The molecule has 1 saturated carbocycles. The molecule has 1 aliphatic rings. The Balaban J connectivity index is 2.67. The van der Waals surface area contributed by atoms with Crippen LogP contribution in [0.15, 0.2) is 0 Å². The minimum atomic E-state index is -0.266. The van der Waals surface area contributed by atoms with Crippen molar-refractivity contribution in [2.24, 2.45) is 11.8 Å². The van der Waals surface area contributed by atoms with Gasteiger partial charge in [0.2, 0.25) is 0 Å². The largest absolute Gasteiger partial charge is 0.299 e. The Kier molecular flexibility index (Phi) is 5.00. The highest BCUT2D eigenvalue weighted by atomic mass is 16.1. The molecule has 0 bridgehead atoms. The van der Waals surface area contributed by atoms with E-state index in [9.17, 15) is 9.59 Å². The third kappa shape index (κ3) is 3.15. The predicted molar refractivity (Wildman–Crippen MR) is 60.7 cm³/mol. The van der Waals surface area contributed by atoms with Gasteiger partial charge in [0, 0.05) is 12.8 Å². The van der Waals surface area contributed by atoms with Crippen LogP contribution in [-0.2, 0) is 9.59 Å². The maximum Gasteiger partial charge on any atom is 0.143 e. The molecule has 0 spiro atoms. The van der Waals surface area contributed by atoms with E-state index in [0.29, 0.717) is 18.8 Å². The van der Waals surface area contributed by atoms with Gasteiger partial charge in [-0.3, -0.25) is 9.59 Å². The lowest BCUT2D eigenvalue weighted by atomic mass is 9.82. The van der Waals surface area contributed by atoms with E-state index in [1.165, 1.54) is 12.8 Å². The van der Waals surface area contributed by atoms with E-state index in [1.807, 2.05) is 13.8 Å². The van der Waals surface area contributed by atoms with Gasteiger partial charge in [0.25, 0.3) is 0 Å². The third-order valence-electron chi connectivity index (χ3n) is 3.41. The van der Waals surface area contributed by atoms with Crippen molar-refractivity contribution in [2.45, 2.75) is 58.8 Å². The normalized spacial score (nSPS) is 19.1. The number of carbonyl (C=O) groups is 2. The first-order valence-electron chi connectivity index (χ1n) is 6.26. The first-order chi connectivity index (χ1) is 7.20. The van der Waals surface area contributed by atoms with E-state index >= 15 is 0 Å². The average Bonchev–Trinajstić information content (AvgIpc) is 2.71. The maximum absolute atomic E-state index is 11.9. The van der Waals surface area contributed by atoms with Gasteiger partial charge in [-0.25, -0.2) is 0 Å².